The van der Waals surface area contributed by atoms with Gasteiger partial charge in [0.05, 0.1) is 5.60 Å². The summed E-state index contributed by atoms with van der Waals surface area (Å²) in [5, 5.41) is 0. The van der Waals surface area contributed by atoms with Gasteiger partial charge < -0.3 is 44.3 Å². The lowest BCUT2D eigenvalue weighted by molar-refractivity contribution is 0.0379. The first kappa shape index (κ1) is 30.5. The van der Waals surface area contributed by atoms with Crippen LogP contribution in [-0.4, -0.2) is 106 Å². The molecule has 0 aromatic heterocycles. The summed E-state index contributed by atoms with van der Waals surface area (Å²) in [4.78, 5) is 0. The summed E-state index contributed by atoms with van der Waals surface area (Å²) in [7, 11) is 9.19. The molecule has 0 bridgehead atoms. The maximum absolute atomic E-state index is 5.90. The van der Waals surface area contributed by atoms with Crippen molar-refractivity contribution in [1.29, 1.82) is 0 Å². The van der Waals surface area contributed by atoms with Gasteiger partial charge in [-0.05, 0) is 19.3 Å². The Morgan fingerprint density at radius 3 is 0.800 bits per heavy atom. The van der Waals surface area contributed by atoms with E-state index in [9.17, 15) is 0 Å². The Labute approximate surface area is 188 Å². The van der Waals surface area contributed by atoms with Gasteiger partial charge in [-0.2, -0.15) is 0 Å². The van der Waals surface area contributed by atoms with E-state index in [-0.39, 0.29) is 0 Å². The summed E-state index contributed by atoms with van der Waals surface area (Å²) < 4.78 is 56.2. The van der Waals surface area contributed by atoms with Gasteiger partial charge in [0, 0.05) is 82.1 Å². The van der Waals surface area contributed by atoms with Gasteiger partial charge >= 0.3 is 26.4 Å². The molecular formula is C16H39O10Si4. The second-order valence-corrected chi connectivity index (χ2v) is 16.1. The summed E-state index contributed by atoms with van der Waals surface area (Å²) in [6.07, 6.45) is 1.75. The summed E-state index contributed by atoms with van der Waals surface area (Å²) >= 11 is 0. The minimum absolute atomic E-state index is 0.546. The third kappa shape index (κ3) is 8.11. The molecule has 0 aromatic rings. The lowest BCUT2D eigenvalue weighted by atomic mass is 9.94. The highest BCUT2D eigenvalue weighted by Gasteiger charge is 2.47. The van der Waals surface area contributed by atoms with Crippen LogP contribution in [0, 0.1) is 0 Å². The Kier molecular flexibility index (Phi) is 14.8. The second-order valence-electron chi connectivity index (χ2n) is 6.67. The highest BCUT2D eigenvalue weighted by molar-refractivity contribution is 6.61. The molecule has 0 saturated carbocycles. The van der Waals surface area contributed by atoms with E-state index in [2.05, 4.69) is 10.5 Å². The van der Waals surface area contributed by atoms with E-state index in [1.807, 2.05) is 0 Å². The van der Waals surface area contributed by atoms with Gasteiger partial charge in [0.25, 0.3) is 0 Å². The first-order valence-corrected chi connectivity index (χ1v) is 15.7. The van der Waals surface area contributed by atoms with Crippen molar-refractivity contribution in [1.82, 2.24) is 0 Å². The molecule has 10 nitrogen and oxygen atoms in total. The molecule has 0 fully saturated rings. The Hall–Kier alpha value is 0.468. The van der Waals surface area contributed by atoms with E-state index in [0.29, 0.717) is 37.4 Å². The van der Waals surface area contributed by atoms with Crippen LogP contribution in [0.4, 0.5) is 0 Å². The predicted octanol–water partition coefficient (Wildman–Crippen LogP) is 1.63. The van der Waals surface area contributed by atoms with Crippen LogP contribution in [0.5, 0.6) is 0 Å². The van der Waals surface area contributed by atoms with Crippen LogP contribution in [0.2, 0.25) is 18.1 Å². The minimum Gasteiger partial charge on any atom is -0.413 e. The second kappa shape index (κ2) is 14.6. The Balaban J connectivity index is 5.72. The standard InChI is InChI=1S/C16H39O10Si4/c1-17-28(18-2,19-3)13-10-16(26-27,11-14-29(20-4,21-5)22-6)12-15-30(23-7,24-8)25-9/h10-15H2,1-9H3. The molecule has 0 rings (SSSR count). The molecule has 0 atom stereocenters. The molecule has 3 radical (unpaired) electrons. The van der Waals surface area contributed by atoms with Crippen LogP contribution in [0.15, 0.2) is 0 Å². The van der Waals surface area contributed by atoms with Crippen molar-refractivity contribution in [3.63, 3.8) is 0 Å². The smallest absolute Gasteiger partial charge is 0.413 e. The van der Waals surface area contributed by atoms with Gasteiger partial charge in [-0.15, -0.1) is 0 Å². The van der Waals surface area contributed by atoms with E-state index in [4.69, 9.17) is 44.3 Å². The van der Waals surface area contributed by atoms with Crippen molar-refractivity contribution < 1.29 is 44.3 Å². The van der Waals surface area contributed by atoms with Crippen molar-refractivity contribution in [2.45, 2.75) is 43.0 Å². The van der Waals surface area contributed by atoms with E-state index in [1.165, 1.54) is 0 Å². The SMILES string of the molecule is CO[Si](CCC(CC[Si](OC)(OC)OC)(CC[Si](OC)(OC)OC)O[Si])(OC)OC. The van der Waals surface area contributed by atoms with E-state index >= 15 is 0 Å². The van der Waals surface area contributed by atoms with Crippen LogP contribution >= 0.6 is 0 Å². The Bertz CT molecular complexity index is 363. The van der Waals surface area contributed by atoms with Crippen molar-refractivity contribution >= 4 is 36.9 Å². The maximum Gasteiger partial charge on any atom is 0.500 e. The fraction of sp³-hybridized carbons (Fsp3) is 1.00. The number of hydrogen-bond acceptors (Lipinski definition) is 10. The molecule has 14 heteroatoms. The van der Waals surface area contributed by atoms with Gasteiger partial charge in [-0.3, -0.25) is 0 Å². The molecule has 0 aliphatic heterocycles. The monoisotopic (exact) mass is 503 g/mol. The van der Waals surface area contributed by atoms with Crippen LogP contribution in [0.3, 0.4) is 0 Å². The molecule has 0 heterocycles. The van der Waals surface area contributed by atoms with E-state index in [0.717, 1.165) is 0 Å². The summed E-state index contributed by atoms with van der Waals surface area (Å²) in [5.74, 6) is 0. The third-order valence-electron chi connectivity index (χ3n) is 5.68. The summed E-state index contributed by atoms with van der Waals surface area (Å²) in [6, 6.07) is 1.64. The fourth-order valence-electron chi connectivity index (χ4n) is 3.34. The Morgan fingerprint density at radius 2 is 0.667 bits per heavy atom. The quantitative estimate of drug-likeness (QED) is 0.242. The summed E-state index contributed by atoms with van der Waals surface area (Å²) in [6.45, 7) is 0. The van der Waals surface area contributed by atoms with Crippen LogP contribution in [-0.2, 0) is 44.3 Å². The number of rotatable bonds is 19. The van der Waals surface area contributed by atoms with Gasteiger partial charge in [0.1, 0.15) is 0 Å². The normalized spacial score (nSPS) is 13.8. The summed E-state index contributed by atoms with van der Waals surface area (Å²) in [5.41, 5.74) is -0.646. The highest BCUT2D eigenvalue weighted by Crippen LogP contribution is 2.36. The minimum atomic E-state index is -2.81. The molecule has 179 valence electrons. The molecule has 0 aromatic carbocycles. The topological polar surface area (TPSA) is 92.3 Å². The zero-order chi connectivity index (χ0) is 23.3. The third-order valence-corrected chi connectivity index (χ3v) is 14.3. The molecule has 0 aliphatic carbocycles. The van der Waals surface area contributed by atoms with Crippen molar-refractivity contribution in [2.75, 3.05) is 64.0 Å². The predicted molar refractivity (Wildman–Crippen MR) is 118 cm³/mol. The van der Waals surface area contributed by atoms with Crippen molar-refractivity contribution in [3.05, 3.63) is 0 Å². The van der Waals surface area contributed by atoms with Crippen molar-refractivity contribution in [3.8, 4) is 0 Å². The largest absolute Gasteiger partial charge is 0.500 e. The molecule has 0 aliphatic rings. The van der Waals surface area contributed by atoms with E-state index in [1.54, 1.807) is 64.0 Å². The first-order valence-electron chi connectivity index (χ1n) is 9.54. The molecule has 0 N–H and O–H groups in total. The molecule has 30 heavy (non-hydrogen) atoms. The molecule has 0 unspecified atom stereocenters. The number of hydrogen-bond donors (Lipinski definition) is 0. The highest BCUT2D eigenvalue weighted by atomic mass is 28.4. The molecular weight excluding hydrogens is 465 g/mol. The van der Waals surface area contributed by atoms with Crippen LogP contribution in [0.25, 0.3) is 0 Å². The molecule has 0 saturated heterocycles. The zero-order valence-corrected chi connectivity index (χ0v) is 23.8. The van der Waals surface area contributed by atoms with Gasteiger partial charge in [0.15, 0.2) is 0 Å². The van der Waals surface area contributed by atoms with E-state index < -0.39 is 32.0 Å². The van der Waals surface area contributed by atoms with Crippen molar-refractivity contribution in [2.24, 2.45) is 0 Å². The van der Waals surface area contributed by atoms with Gasteiger partial charge in [-0.25, -0.2) is 0 Å². The van der Waals surface area contributed by atoms with Gasteiger partial charge in [0.2, 0.25) is 10.5 Å². The lowest BCUT2D eigenvalue weighted by Gasteiger charge is -2.38. The maximum atomic E-state index is 5.90. The van der Waals surface area contributed by atoms with Crippen LogP contribution < -0.4 is 0 Å². The van der Waals surface area contributed by atoms with Gasteiger partial charge in [-0.1, -0.05) is 0 Å². The average molecular weight is 504 g/mol. The van der Waals surface area contributed by atoms with Crippen LogP contribution in [0.1, 0.15) is 19.3 Å². The first-order chi connectivity index (χ1) is 14.2. The average Bonchev–Trinajstić information content (AvgIpc) is 2.82. The molecule has 0 spiro atoms. The molecule has 0 amide bonds. The fourth-order valence-corrected chi connectivity index (χ4v) is 9.27. The lowest BCUT2D eigenvalue weighted by Crippen LogP contribution is -2.49. The Morgan fingerprint density at radius 1 is 0.467 bits per heavy atom. The zero-order valence-electron chi connectivity index (χ0n) is 19.8.